The minimum absolute atomic E-state index is 0.292. The van der Waals surface area contributed by atoms with Gasteiger partial charge in [-0.25, -0.2) is 4.39 Å². The van der Waals surface area contributed by atoms with Gasteiger partial charge in [0.1, 0.15) is 5.82 Å². The molecule has 1 N–H and O–H groups in total. The lowest BCUT2D eigenvalue weighted by Crippen LogP contribution is -2.17. The molecule has 0 heterocycles. The smallest absolute Gasteiger partial charge is 0.265 e. The minimum atomic E-state index is -0.437. The van der Waals surface area contributed by atoms with Crippen LogP contribution in [0.15, 0.2) is 47.6 Å². The predicted molar refractivity (Wildman–Crippen MR) is 102 cm³/mol. The first-order chi connectivity index (χ1) is 13.0. The first-order valence-corrected chi connectivity index (χ1v) is 8.49. The van der Waals surface area contributed by atoms with Crippen LogP contribution in [0.2, 0.25) is 0 Å². The Hall–Kier alpha value is -3.09. The van der Waals surface area contributed by atoms with Crippen molar-refractivity contribution in [3.8, 4) is 11.5 Å². The Morgan fingerprint density at radius 3 is 2.74 bits per heavy atom. The van der Waals surface area contributed by atoms with Crippen LogP contribution in [0.5, 0.6) is 11.5 Å². The fourth-order valence-electron chi connectivity index (χ4n) is 2.10. The molecule has 27 heavy (non-hydrogen) atoms. The molecule has 0 saturated carbocycles. The molecule has 1 amide bonds. The zero-order valence-electron chi connectivity index (χ0n) is 15.6. The molecule has 7 heteroatoms. The molecule has 2 rings (SSSR count). The van der Waals surface area contributed by atoms with E-state index in [1.165, 1.54) is 24.4 Å². The number of rotatable bonds is 9. The van der Waals surface area contributed by atoms with Crippen molar-refractivity contribution < 1.29 is 23.5 Å². The first-order valence-electron chi connectivity index (χ1n) is 8.49. The average Bonchev–Trinajstić information content (AvgIpc) is 2.63. The van der Waals surface area contributed by atoms with E-state index in [2.05, 4.69) is 24.3 Å². The quantitative estimate of drug-likeness (QED) is 0.535. The number of ether oxygens (including phenoxy) is 2. The molecule has 0 aliphatic heterocycles. The molecule has 2 aromatic carbocycles. The van der Waals surface area contributed by atoms with Gasteiger partial charge in [-0.2, -0.15) is 0 Å². The van der Waals surface area contributed by atoms with Crippen LogP contribution >= 0.6 is 0 Å². The van der Waals surface area contributed by atoms with E-state index >= 15 is 0 Å². The molecule has 2 aromatic rings. The van der Waals surface area contributed by atoms with Crippen molar-refractivity contribution in [2.45, 2.75) is 13.8 Å². The molecule has 0 saturated heterocycles. The third-order valence-electron chi connectivity index (χ3n) is 3.34. The molecule has 0 bridgehead atoms. The van der Waals surface area contributed by atoms with Crippen LogP contribution in [0.3, 0.4) is 0 Å². The maximum absolute atomic E-state index is 13.1. The molecular formula is C20H23FN2O4. The monoisotopic (exact) mass is 374 g/mol. The number of carbonyl (C=O) groups excluding carboxylic acids is 1. The number of methoxy groups -OCH3 is 1. The molecule has 0 spiro atoms. The van der Waals surface area contributed by atoms with Crippen LogP contribution in [-0.2, 0) is 9.63 Å². The van der Waals surface area contributed by atoms with Crippen molar-refractivity contribution in [1.29, 1.82) is 0 Å². The fourth-order valence-corrected chi connectivity index (χ4v) is 2.10. The van der Waals surface area contributed by atoms with Gasteiger partial charge < -0.3 is 19.6 Å². The van der Waals surface area contributed by atoms with Crippen LogP contribution in [0.25, 0.3) is 0 Å². The van der Waals surface area contributed by atoms with Crippen molar-refractivity contribution in [2.24, 2.45) is 11.1 Å². The molecule has 0 radical (unpaired) electrons. The van der Waals surface area contributed by atoms with Gasteiger partial charge >= 0.3 is 0 Å². The summed E-state index contributed by atoms with van der Waals surface area (Å²) < 4.78 is 24.1. The fraction of sp³-hybridized carbons (Fsp3) is 0.300. The topological polar surface area (TPSA) is 69.2 Å². The zero-order chi connectivity index (χ0) is 19.6. The Bertz CT molecular complexity index is 793. The lowest BCUT2D eigenvalue weighted by atomic mass is 10.2. The number of hydrogen-bond acceptors (Lipinski definition) is 5. The summed E-state index contributed by atoms with van der Waals surface area (Å²) in [7, 11) is 1.56. The molecule has 6 nitrogen and oxygen atoms in total. The number of amides is 1. The number of benzene rings is 2. The Kier molecular flexibility index (Phi) is 7.61. The second-order valence-electron chi connectivity index (χ2n) is 6.18. The molecular weight excluding hydrogens is 351 g/mol. The normalized spacial score (nSPS) is 10.9. The van der Waals surface area contributed by atoms with Gasteiger partial charge in [0.2, 0.25) is 0 Å². The number of halogens is 1. The minimum Gasteiger partial charge on any atom is -0.493 e. The van der Waals surface area contributed by atoms with E-state index in [1.54, 1.807) is 31.4 Å². The van der Waals surface area contributed by atoms with Crippen LogP contribution in [0, 0.1) is 11.7 Å². The standard InChI is InChI=1S/C20H23FN2O4/c1-14(2)12-26-18-8-7-15(9-19(18)25-3)11-22-27-13-20(24)23-17-6-4-5-16(21)10-17/h4-11,14H,12-13H2,1-3H3,(H,23,24)/b22-11-. The van der Waals surface area contributed by atoms with E-state index < -0.39 is 11.7 Å². The highest BCUT2D eigenvalue weighted by atomic mass is 19.1. The summed E-state index contributed by atoms with van der Waals surface area (Å²) in [6.07, 6.45) is 1.46. The van der Waals surface area contributed by atoms with E-state index in [-0.39, 0.29) is 6.61 Å². The lowest BCUT2D eigenvalue weighted by molar-refractivity contribution is -0.120. The van der Waals surface area contributed by atoms with Gasteiger partial charge in [0.05, 0.1) is 19.9 Å². The molecule has 0 aromatic heterocycles. The maximum Gasteiger partial charge on any atom is 0.265 e. The third kappa shape index (κ3) is 6.97. The summed E-state index contributed by atoms with van der Waals surface area (Å²) in [5, 5.41) is 6.28. The Morgan fingerprint density at radius 2 is 2.04 bits per heavy atom. The summed E-state index contributed by atoms with van der Waals surface area (Å²) in [4.78, 5) is 16.7. The number of nitrogens with one attached hydrogen (secondary N) is 1. The van der Waals surface area contributed by atoms with Crippen molar-refractivity contribution in [1.82, 2.24) is 0 Å². The predicted octanol–water partition coefficient (Wildman–Crippen LogP) is 3.86. The van der Waals surface area contributed by atoms with Gasteiger partial charge in [-0.05, 0) is 42.3 Å². The SMILES string of the molecule is COc1cc(/C=N\OCC(=O)Nc2cccc(F)c2)ccc1OCC(C)C. The van der Waals surface area contributed by atoms with Crippen molar-refractivity contribution >= 4 is 17.8 Å². The van der Waals surface area contributed by atoms with Crippen LogP contribution in [0.4, 0.5) is 10.1 Å². The van der Waals surface area contributed by atoms with E-state index in [0.29, 0.717) is 29.7 Å². The first kappa shape index (κ1) is 20.2. The van der Waals surface area contributed by atoms with Crippen LogP contribution < -0.4 is 14.8 Å². The highest BCUT2D eigenvalue weighted by molar-refractivity contribution is 5.91. The van der Waals surface area contributed by atoms with Gasteiger partial charge in [0, 0.05) is 11.3 Å². The van der Waals surface area contributed by atoms with E-state index in [4.69, 9.17) is 14.3 Å². The molecule has 0 aliphatic rings. The lowest BCUT2D eigenvalue weighted by Gasteiger charge is -2.12. The van der Waals surface area contributed by atoms with Crippen molar-refractivity contribution in [2.75, 3.05) is 25.6 Å². The van der Waals surface area contributed by atoms with E-state index in [9.17, 15) is 9.18 Å². The Balaban J connectivity index is 1.85. The number of hydrogen-bond donors (Lipinski definition) is 1. The largest absolute Gasteiger partial charge is 0.493 e. The third-order valence-corrected chi connectivity index (χ3v) is 3.34. The second-order valence-corrected chi connectivity index (χ2v) is 6.18. The summed E-state index contributed by atoms with van der Waals surface area (Å²) in [6, 6.07) is 11.0. The number of anilines is 1. The van der Waals surface area contributed by atoms with Crippen LogP contribution in [0.1, 0.15) is 19.4 Å². The number of carbonyl (C=O) groups is 1. The average molecular weight is 374 g/mol. The summed E-state index contributed by atoms with van der Waals surface area (Å²) in [5.41, 5.74) is 1.09. The molecule has 0 unspecified atom stereocenters. The maximum atomic E-state index is 13.1. The summed E-state index contributed by atoms with van der Waals surface area (Å²) in [6.45, 7) is 4.43. The number of nitrogens with zero attached hydrogens (tertiary/aromatic N) is 1. The molecule has 144 valence electrons. The van der Waals surface area contributed by atoms with E-state index in [0.717, 1.165) is 5.56 Å². The van der Waals surface area contributed by atoms with Gasteiger partial charge in [-0.15, -0.1) is 0 Å². The molecule has 0 atom stereocenters. The van der Waals surface area contributed by atoms with Crippen LogP contribution in [-0.4, -0.2) is 32.4 Å². The van der Waals surface area contributed by atoms with Crippen molar-refractivity contribution in [3.05, 3.63) is 53.8 Å². The highest BCUT2D eigenvalue weighted by Gasteiger charge is 2.07. The Morgan fingerprint density at radius 1 is 1.22 bits per heavy atom. The van der Waals surface area contributed by atoms with Gasteiger partial charge in [0.15, 0.2) is 18.1 Å². The van der Waals surface area contributed by atoms with Gasteiger partial charge in [0.25, 0.3) is 5.91 Å². The van der Waals surface area contributed by atoms with Crippen molar-refractivity contribution in [3.63, 3.8) is 0 Å². The molecule has 0 fully saturated rings. The Labute approximate surface area is 157 Å². The summed E-state index contributed by atoms with van der Waals surface area (Å²) >= 11 is 0. The number of oxime groups is 1. The molecule has 0 aliphatic carbocycles. The van der Waals surface area contributed by atoms with Gasteiger partial charge in [-0.1, -0.05) is 25.1 Å². The highest BCUT2D eigenvalue weighted by Crippen LogP contribution is 2.28. The van der Waals surface area contributed by atoms with E-state index in [1.807, 2.05) is 0 Å². The second kappa shape index (κ2) is 10.2. The van der Waals surface area contributed by atoms with Gasteiger partial charge in [-0.3, -0.25) is 4.79 Å². The zero-order valence-corrected chi connectivity index (χ0v) is 15.6. The summed E-state index contributed by atoms with van der Waals surface area (Å²) in [5.74, 6) is 0.777.